The SMILES string of the molecule is OCC1(NCc2cnn(-c3ccccc3)c2)CC1. The van der Waals surface area contributed by atoms with E-state index in [1.54, 1.807) is 0 Å². The zero-order valence-electron chi connectivity index (χ0n) is 10.2. The first-order valence-electron chi connectivity index (χ1n) is 6.26. The van der Waals surface area contributed by atoms with E-state index in [4.69, 9.17) is 0 Å². The molecule has 4 heteroatoms. The topological polar surface area (TPSA) is 50.1 Å². The normalized spacial score (nSPS) is 16.7. The third kappa shape index (κ3) is 2.30. The van der Waals surface area contributed by atoms with Gasteiger partial charge in [0.1, 0.15) is 0 Å². The molecule has 0 atom stereocenters. The molecule has 1 aromatic heterocycles. The number of nitrogens with zero attached hydrogens (tertiary/aromatic N) is 2. The molecule has 1 heterocycles. The van der Waals surface area contributed by atoms with E-state index < -0.39 is 0 Å². The summed E-state index contributed by atoms with van der Waals surface area (Å²) in [5.74, 6) is 0. The Labute approximate surface area is 106 Å². The van der Waals surface area contributed by atoms with Crippen LogP contribution in [0.1, 0.15) is 18.4 Å². The number of hydrogen-bond donors (Lipinski definition) is 2. The van der Waals surface area contributed by atoms with E-state index in [2.05, 4.69) is 10.4 Å². The van der Waals surface area contributed by atoms with Crippen LogP contribution in [0, 0.1) is 0 Å². The van der Waals surface area contributed by atoms with Crippen molar-refractivity contribution in [2.75, 3.05) is 6.61 Å². The van der Waals surface area contributed by atoms with Gasteiger partial charge in [0.2, 0.25) is 0 Å². The van der Waals surface area contributed by atoms with Gasteiger partial charge in [-0.25, -0.2) is 4.68 Å². The van der Waals surface area contributed by atoms with Crippen molar-refractivity contribution >= 4 is 0 Å². The van der Waals surface area contributed by atoms with Gasteiger partial charge >= 0.3 is 0 Å². The Bertz CT molecular complexity index is 517. The lowest BCUT2D eigenvalue weighted by Gasteiger charge is -2.12. The quantitative estimate of drug-likeness (QED) is 0.836. The molecule has 18 heavy (non-hydrogen) atoms. The van der Waals surface area contributed by atoms with E-state index in [0.717, 1.165) is 30.6 Å². The second kappa shape index (κ2) is 4.55. The lowest BCUT2D eigenvalue weighted by molar-refractivity contribution is 0.229. The van der Waals surface area contributed by atoms with Crippen LogP contribution in [0.5, 0.6) is 0 Å². The van der Waals surface area contributed by atoms with Crippen molar-refractivity contribution in [2.45, 2.75) is 24.9 Å². The fraction of sp³-hybridized carbons (Fsp3) is 0.357. The fourth-order valence-electron chi connectivity index (χ4n) is 2.00. The van der Waals surface area contributed by atoms with Gasteiger partial charge < -0.3 is 10.4 Å². The van der Waals surface area contributed by atoms with E-state index in [9.17, 15) is 5.11 Å². The number of rotatable bonds is 5. The number of aliphatic hydroxyl groups is 1. The van der Waals surface area contributed by atoms with Gasteiger partial charge in [-0.3, -0.25) is 0 Å². The minimum absolute atomic E-state index is 0.0190. The standard InChI is InChI=1S/C14H17N3O/c18-11-14(6-7-14)15-8-12-9-16-17(10-12)13-4-2-1-3-5-13/h1-5,9-10,15,18H,6-8,11H2. The molecular weight excluding hydrogens is 226 g/mol. The van der Waals surface area contributed by atoms with Gasteiger partial charge in [0.15, 0.2) is 0 Å². The van der Waals surface area contributed by atoms with Gasteiger partial charge in [-0.15, -0.1) is 0 Å². The number of para-hydroxylation sites is 1. The molecule has 0 radical (unpaired) electrons. The first-order valence-corrected chi connectivity index (χ1v) is 6.26. The van der Waals surface area contributed by atoms with Crippen molar-refractivity contribution < 1.29 is 5.11 Å². The zero-order valence-corrected chi connectivity index (χ0v) is 10.2. The summed E-state index contributed by atoms with van der Waals surface area (Å²) in [6, 6.07) is 10.0. The van der Waals surface area contributed by atoms with Gasteiger partial charge in [-0.05, 0) is 25.0 Å². The highest BCUT2D eigenvalue weighted by Crippen LogP contribution is 2.34. The molecule has 3 rings (SSSR count). The maximum atomic E-state index is 9.23. The van der Waals surface area contributed by atoms with E-state index in [1.165, 1.54) is 0 Å². The van der Waals surface area contributed by atoms with Gasteiger partial charge in [0.05, 0.1) is 18.5 Å². The molecule has 0 amide bonds. The smallest absolute Gasteiger partial charge is 0.0645 e. The van der Waals surface area contributed by atoms with Crippen molar-refractivity contribution in [1.82, 2.24) is 15.1 Å². The third-order valence-electron chi connectivity index (χ3n) is 3.48. The van der Waals surface area contributed by atoms with E-state index in [1.807, 2.05) is 47.4 Å². The van der Waals surface area contributed by atoms with Gasteiger partial charge in [-0.1, -0.05) is 18.2 Å². The number of nitrogens with one attached hydrogen (secondary N) is 1. The fourth-order valence-corrected chi connectivity index (χ4v) is 2.00. The summed E-state index contributed by atoms with van der Waals surface area (Å²) < 4.78 is 1.87. The summed E-state index contributed by atoms with van der Waals surface area (Å²) in [5, 5.41) is 17.0. The van der Waals surface area contributed by atoms with Crippen LogP contribution >= 0.6 is 0 Å². The molecule has 1 aliphatic rings. The average molecular weight is 243 g/mol. The Morgan fingerprint density at radius 3 is 2.72 bits per heavy atom. The van der Waals surface area contributed by atoms with Gasteiger partial charge in [-0.2, -0.15) is 5.10 Å². The lowest BCUT2D eigenvalue weighted by atomic mass is 10.2. The Kier molecular flexibility index (Phi) is 2.89. The predicted molar refractivity (Wildman–Crippen MR) is 69.5 cm³/mol. The summed E-state index contributed by atoms with van der Waals surface area (Å²) in [6.07, 6.45) is 6.02. The summed E-state index contributed by atoms with van der Waals surface area (Å²) in [5.41, 5.74) is 2.18. The van der Waals surface area contributed by atoms with Gasteiger partial charge in [0.25, 0.3) is 0 Å². The lowest BCUT2D eigenvalue weighted by Crippen LogP contribution is -2.33. The van der Waals surface area contributed by atoms with E-state index in [0.29, 0.717) is 0 Å². The number of aromatic nitrogens is 2. The monoisotopic (exact) mass is 243 g/mol. The second-order valence-electron chi connectivity index (χ2n) is 4.92. The first-order chi connectivity index (χ1) is 8.81. The maximum absolute atomic E-state index is 9.23. The molecule has 1 aliphatic carbocycles. The summed E-state index contributed by atoms with van der Waals surface area (Å²) in [6.45, 7) is 0.979. The Hall–Kier alpha value is -1.65. The molecule has 1 saturated carbocycles. The number of aliphatic hydroxyl groups excluding tert-OH is 1. The number of benzene rings is 1. The Balaban J connectivity index is 1.67. The molecule has 0 saturated heterocycles. The second-order valence-corrected chi connectivity index (χ2v) is 4.92. The molecule has 94 valence electrons. The third-order valence-corrected chi connectivity index (χ3v) is 3.48. The van der Waals surface area contributed by atoms with Crippen LogP contribution in [-0.2, 0) is 6.54 Å². The van der Waals surface area contributed by atoms with Crippen molar-refractivity contribution in [3.63, 3.8) is 0 Å². The Morgan fingerprint density at radius 1 is 1.28 bits per heavy atom. The molecule has 0 unspecified atom stereocenters. The number of hydrogen-bond acceptors (Lipinski definition) is 3. The zero-order chi connectivity index (χ0) is 12.4. The molecule has 1 aromatic carbocycles. The van der Waals surface area contributed by atoms with Crippen LogP contribution in [0.25, 0.3) is 5.69 Å². The highest BCUT2D eigenvalue weighted by molar-refractivity contribution is 5.30. The maximum Gasteiger partial charge on any atom is 0.0645 e. The molecule has 0 aliphatic heterocycles. The molecule has 1 fully saturated rings. The molecular formula is C14H17N3O. The van der Waals surface area contributed by atoms with Crippen LogP contribution in [0.2, 0.25) is 0 Å². The average Bonchev–Trinajstić information content (AvgIpc) is 3.07. The summed E-state index contributed by atoms with van der Waals surface area (Å²) >= 11 is 0. The molecule has 0 spiro atoms. The van der Waals surface area contributed by atoms with E-state index in [-0.39, 0.29) is 12.1 Å². The Morgan fingerprint density at radius 2 is 2.06 bits per heavy atom. The van der Waals surface area contributed by atoms with Crippen LogP contribution in [-0.4, -0.2) is 27.0 Å². The predicted octanol–water partition coefficient (Wildman–Crippen LogP) is 1.49. The minimum atomic E-state index is -0.0190. The first kappa shape index (κ1) is 11.4. The van der Waals surface area contributed by atoms with Crippen LogP contribution in [0.3, 0.4) is 0 Å². The summed E-state index contributed by atoms with van der Waals surface area (Å²) in [4.78, 5) is 0. The molecule has 2 aromatic rings. The molecule has 0 bridgehead atoms. The van der Waals surface area contributed by atoms with E-state index >= 15 is 0 Å². The largest absolute Gasteiger partial charge is 0.394 e. The van der Waals surface area contributed by atoms with Crippen molar-refractivity contribution in [1.29, 1.82) is 0 Å². The van der Waals surface area contributed by atoms with Crippen molar-refractivity contribution in [3.05, 3.63) is 48.3 Å². The van der Waals surface area contributed by atoms with Crippen LogP contribution in [0.15, 0.2) is 42.7 Å². The molecule has 4 nitrogen and oxygen atoms in total. The molecule has 2 N–H and O–H groups in total. The highest BCUT2D eigenvalue weighted by atomic mass is 16.3. The summed E-state index contributed by atoms with van der Waals surface area (Å²) in [7, 11) is 0. The van der Waals surface area contributed by atoms with Crippen molar-refractivity contribution in [2.24, 2.45) is 0 Å². The highest BCUT2D eigenvalue weighted by Gasteiger charge is 2.41. The van der Waals surface area contributed by atoms with Crippen LogP contribution < -0.4 is 5.32 Å². The van der Waals surface area contributed by atoms with Crippen molar-refractivity contribution in [3.8, 4) is 5.69 Å². The van der Waals surface area contributed by atoms with Gasteiger partial charge in [0, 0.05) is 23.8 Å². The van der Waals surface area contributed by atoms with Crippen LogP contribution in [0.4, 0.5) is 0 Å². The minimum Gasteiger partial charge on any atom is -0.394 e.